The van der Waals surface area contributed by atoms with Gasteiger partial charge in [-0.15, -0.1) is 0 Å². The first kappa shape index (κ1) is 57.6. The smallest absolute Gasteiger partial charge is 0.345 e. The third-order valence-electron chi connectivity index (χ3n) is 10.7. The van der Waals surface area contributed by atoms with Crippen molar-refractivity contribution < 1.29 is 103 Å². The Morgan fingerprint density at radius 1 is 0.613 bits per heavy atom. The number of hydrogen-bond acceptors (Lipinski definition) is 26. The molecule has 29 heteroatoms. The number of rotatable bonds is 23. The third kappa shape index (κ3) is 15.9. The Bertz CT molecular complexity index is 2790. The number of aromatic nitrogens is 4. The van der Waals surface area contributed by atoms with Gasteiger partial charge in [0.15, 0.2) is 60.2 Å². The summed E-state index contributed by atoms with van der Waals surface area (Å²) < 4.78 is 108. The fourth-order valence-electron chi connectivity index (χ4n) is 7.85. The van der Waals surface area contributed by atoms with Crippen LogP contribution in [0, 0.1) is 0 Å². The minimum absolute atomic E-state index is 0.000447. The molecule has 3 unspecified atom stereocenters. The Balaban J connectivity index is 1.44. The van der Waals surface area contributed by atoms with Gasteiger partial charge in [-0.25, -0.2) is 15.0 Å². The highest BCUT2D eigenvalue weighted by molar-refractivity contribution is 7.71. The average molecular weight is 1090 g/mol. The molecule has 2 aromatic heterocycles. The van der Waals surface area contributed by atoms with Gasteiger partial charge >= 0.3 is 57.0 Å². The molecule has 2 aromatic carbocycles. The van der Waals surface area contributed by atoms with E-state index in [0.717, 1.165) is 54.8 Å². The van der Waals surface area contributed by atoms with Crippen LogP contribution in [0.15, 0.2) is 73.3 Å². The van der Waals surface area contributed by atoms with Gasteiger partial charge in [0, 0.05) is 48.5 Å². The van der Waals surface area contributed by atoms with Crippen LogP contribution in [0.3, 0.4) is 0 Å². The monoisotopic (exact) mass is 1090 g/mol. The highest BCUT2D eigenvalue weighted by Gasteiger charge is 2.58. The van der Waals surface area contributed by atoms with Crippen molar-refractivity contribution in [1.29, 1.82) is 0 Å². The molecule has 2 fully saturated rings. The number of anilines is 1. The van der Waals surface area contributed by atoms with E-state index in [9.17, 15) is 33.6 Å². The quantitative estimate of drug-likeness (QED) is 0.0623. The number of fused-ring (bicyclic) bond motifs is 1. The molecule has 0 saturated carbocycles. The average Bonchev–Trinajstić information content (AvgIpc) is 3.91. The number of nitrogens with two attached hydrogens (primary N) is 1. The fraction of sp³-hybridized carbons (Fsp3) is 0.478. The summed E-state index contributed by atoms with van der Waals surface area (Å²) in [4.78, 5) is 101. The molecule has 6 rings (SSSR count). The molecule has 4 aromatic rings. The Morgan fingerprint density at radius 3 is 1.71 bits per heavy atom. The van der Waals surface area contributed by atoms with Gasteiger partial charge in [-0.1, -0.05) is 60.7 Å². The van der Waals surface area contributed by atoms with Crippen LogP contribution < -0.4 is 5.73 Å². The lowest BCUT2D eigenvalue weighted by atomic mass is 9.94. The first-order valence-electron chi connectivity index (χ1n) is 22.8. The number of carbonyl (C=O) groups excluding carboxylic acids is 7. The molecule has 12 atom stereocenters. The Kier molecular flexibility index (Phi) is 19.7. The summed E-state index contributed by atoms with van der Waals surface area (Å²) >= 11 is 0. The van der Waals surface area contributed by atoms with Gasteiger partial charge in [-0.05, 0) is 11.1 Å². The molecule has 27 nitrogen and oxygen atoms in total. The molecule has 2 N–H and O–H groups in total. The maximum absolute atomic E-state index is 15.8. The summed E-state index contributed by atoms with van der Waals surface area (Å²) in [6, 6.07) is 16.4. The SMILES string of the molecule is CC(=O)OC[C@@H](OC(C)=O)[C@H]1OC(OP(=O)(CP(=O)(OCc2ccccc2)OC[C@H]2O[C@@H](n3cnc4c(N)ncnc43)[C@H](OC(C)=O)[C@@H]2OC(C)=O)OCc2ccccc2)[C@@H](OC(C)=O)[C@@H](OC(C)=O)[C@@H]1OC(C)=O. The first-order valence-corrected chi connectivity index (χ1v) is 26.3. The summed E-state index contributed by atoms with van der Waals surface area (Å²) in [7, 11) is -10.2. The number of ether oxygens (including phenoxy) is 9. The normalized spacial score (nSPS) is 24.3. The molecule has 406 valence electrons. The Labute approximate surface area is 428 Å². The molecule has 2 aliphatic rings. The van der Waals surface area contributed by atoms with Crippen molar-refractivity contribution in [2.75, 3.05) is 24.9 Å². The molecule has 0 bridgehead atoms. The van der Waals surface area contributed by atoms with Crippen LogP contribution in [0.4, 0.5) is 5.82 Å². The number of hydrogen-bond donors (Lipinski definition) is 1. The fourth-order valence-corrected chi connectivity index (χ4v) is 12.5. The van der Waals surface area contributed by atoms with Crippen molar-refractivity contribution in [1.82, 2.24) is 19.5 Å². The lowest BCUT2D eigenvalue weighted by Gasteiger charge is -2.46. The van der Waals surface area contributed by atoms with Crippen molar-refractivity contribution in [2.24, 2.45) is 0 Å². The van der Waals surface area contributed by atoms with Crippen LogP contribution in [0.25, 0.3) is 11.2 Å². The van der Waals surface area contributed by atoms with E-state index in [4.69, 9.17) is 66.5 Å². The van der Waals surface area contributed by atoms with Gasteiger partial charge in [-0.3, -0.25) is 51.8 Å². The van der Waals surface area contributed by atoms with E-state index in [1.165, 1.54) is 10.9 Å². The Hall–Kier alpha value is -6.70. The molecule has 0 amide bonds. The van der Waals surface area contributed by atoms with Crippen molar-refractivity contribution in [3.63, 3.8) is 0 Å². The minimum Gasteiger partial charge on any atom is -0.462 e. The van der Waals surface area contributed by atoms with Crippen LogP contribution in [-0.4, -0.2) is 136 Å². The van der Waals surface area contributed by atoms with Crippen LogP contribution in [0.2, 0.25) is 0 Å². The summed E-state index contributed by atoms with van der Waals surface area (Å²) in [6.07, 6.45) is -14.9. The van der Waals surface area contributed by atoms with E-state index in [0.29, 0.717) is 11.1 Å². The van der Waals surface area contributed by atoms with Crippen molar-refractivity contribution in [2.45, 2.75) is 123 Å². The van der Waals surface area contributed by atoms with E-state index >= 15 is 9.13 Å². The van der Waals surface area contributed by atoms with Crippen LogP contribution in [0.5, 0.6) is 0 Å². The van der Waals surface area contributed by atoms with Crippen molar-refractivity contribution in [3.05, 3.63) is 84.4 Å². The number of esters is 7. The third-order valence-corrected chi connectivity index (χ3v) is 15.6. The second kappa shape index (κ2) is 25.7. The molecule has 0 aliphatic carbocycles. The molecule has 2 saturated heterocycles. The first-order chi connectivity index (χ1) is 35.5. The molecule has 0 spiro atoms. The van der Waals surface area contributed by atoms with Gasteiger partial charge in [0.25, 0.3) is 0 Å². The highest BCUT2D eigenvalue weighted by atomic mass is 31.2. The van der Waals surface area contributed by atoms with E-state index in [2.05, 4.69) is 15.0 Å². The number of carbonyl (C=O) groups is 7. The zero-order valence-electron chi connectivity index (χ0n) is 41.5. The largest absolute Gasteiger partial charge is 0.462 e. The van der Waals surface area contributed by atoms with E-state index < -0.39 is 151 Å². The van der Waals surface area contributed by atoms with Crippen LogP contribution in [0.1, 0.15) is 65.8 Å². The van der Waals surface area contributed by atoms with Crippen LogP contribution >= 0.6 is 15.2 Å². The van der Waals surface area contributed by atoms with Gasteiger partial charge in [0.1, 0.15) is 30.7 Å². The second-order valence-electron chi connectivity index (χ2n) is 16.7. The molecular formula is C46H55N5O22P2. The van der Waals surface area contributed by atoms with Gasteiger partial charge < -0.3 is 61.9 Å². The summed E-state index contributed by atoms with van der Waals surface area (Å²) in [5, 5.41) is 0. The summed E-state index contributed by atoms with van der Waals surface area (Å²) in [6.45, 7) is 4.52. The number of nitrogens with zero attached hydrogens (tertiary/aromatic N) is 4. The highest BCUT2D eigenvalue weighted by Crippen LogP contribution is 2.66. The molecule has 75 heavy (non-hydrogen) atoms. The molecule has 0 radical (unpaired) electrons. The Morgan fingerprint density at radius 2 is 1.15 bits per heavy atom. The van der Waals surface area contributed by atoms with Crippen molar-refractivity contribution >= 4 is 74.0 Å². The summed E-state index contributed by atoms with van der Waals surface area (Å²) in [5.41, 5.74) is 7.15. The number of nitrogen functional groups attached to an aromatic ring is 1. The molecule has 4 heterocycles. The van der Waals surface area contributed by atoms with E-state index in [1.807, 2.05) is 0 Å². The van der Waals surface area contributed by atoms with Crippen LogP contribution in [-0.2, 0) is 117 Å². The lowest BCUT2D eigenvalue weighted by Crippen LogP contribution is -2.65. The standard InChI is InChI=1S/C46H55N5O22P2/c1-25(52)61-20-34(65-26(2)53)37-39(67-28(4)55)40(68-29(5)56)42(70-31(7)58)46(72-37)73-75(60,63-19-33-16-12-9-13-17-33)24-74(59,62-18-32-14-10-8-11-15-32)64-21-35-38(66-27(3)54)41(69-30(6)57)45(71-35)51-23-50-36-43(47)48-22-49-44(36)51/h8-17,22-23,34-35,37-42,45-46H,18-21,24H2,1-7H3,(H2,47,48,49)/t34-,35-,37-,38-,39-,40+,41-,42+,45-,46?,74?,75?/m1/s1. The van der Waals surface area contributed by atoms with Gasteiger partial charge in [0.05, 0.1) is 26.1 Å². The number of imidazole rings is 1. The molecule has 2 aliphatic heterocycles. The maximum Gasteiger partial charge on any atom is 0.345 e. The summed E-state index contributed by atoms with van der Waals surface area (Å²) in [5.74, 6) is -7.89. The van der Waals surface area contributed by atoms with Gasteiger partial charge in [0.2, 0.25) is 6.29 Å². The zero-order chi connectivity index (χ0) is 54.6. The second-order valence-corrected chi connectivity index (χ2v) is 21.3. The predicted octanol–water partition coefficient (Wildman–Crippen LogP) is 3.99. The van der Waals surface area contributed by atoms with E-state index in [1.54, 1.807) is 60.7 Å². The number of benzene rings is 2. The zero-order valence-corrected chi connectivity index (χ0v) is 43.3. The minimum atomic E-state index is -5.22. The molecular weight excluding hydrogens is 1040 g/mol. The van der Waals surface area contributed by atoms with E-state index in [-0.39, 0.29) is 17.0 Å². The lowest BCUT2D eigenvalue weighted by molar-refractivity contribution is -0.300. The van der Waals surface area contributed by atoms with Crippen molar-refractivity contribution in [3.8, 4) is 0 Å². The maximum atomic E-state index is 15.8. The predicted molar refractivity (Wildman–Crippen MR) is 252 cm³/mol. The topological polar surface area (TPSA) is 343 Å². The van der Waals surface area contributed by atoms with Gasteiger partial charge in [-0.2, -0.15) is 0 Å².